The molecule has 0 N–H and O–H groups in total. The van der Waals surface area contributed by atoms with Gasteiger partial charge in [0, 0.05) is 25.7 Å². The quantitative estimate of drug-likeness (QED) is 0.785. The van der Waals surface area contributed by atoms with Gasteiger partial charge in [0.25, 0.3) is 5.91 Å². The Labute approximate surface area is 127 Å². The third-order valence-corrected chi connectivity index (χ3v) is 3.54. The molecule has 7 heteroatoms. The van der Waals surface area contributed by atoms with E-state index in [1.54, 1.807) is 19.2 Å². The second kappa shape index (κ2) is 6.13. The van der Waals surface area contributed by atoms with Crippen molar-refractivity contribution in [2.45, 2.75) is 6.54 Å². The minimum absolute atomic E-state index is 0.0208. The molecule has 1 aromatic carbocycles. The van der Waals surface area contributed by atoms with Gasteiger partial charge in [-0.2, -0.15) is 0 Å². The predicted octanol–water partition coefficient (Wildman–Crippen LogP) is 1.19. The van der Waals surface area contributed by atoms with Crippen LogP contribution in [0.25, 0.3) is 0 Å². The molecule has 1 saturated heterocycles. The lowest BCUT2D eigenvalue weighted by Gasteiger charge is -2.20. The number of rotatable bonds is 4. The van der Waals surface area contributed by atoms with Crippen LogP contribution in [0.4, 0.5) is 4.79 Å². The number of urea groups is 1. The number of nitrogens with zero attached hydrogens (tertiary/aromatic N) is 3. The summed E-state index contributed by atoms with van der Waals surface area (Å²) in [5, 5.41) is 0.629. The Hall–Kier alpha value is -2.08. The van der Waals surface area contributed by atoms with Crippen LogP contribution >= 0.6 is 11.6 Å². The summed E-state index contributed by atoms with van der Waals surface area (Å²) in [4.78, 5) is 39.2. The van der Waals surface area contributed by atoms with Crippen molar-refractivity contribution in [3.8, 4) is 0 Å². The molecular formula is C14H16ClN3O3. The molecule has 2 rings (SSSR count). The van der Waals surface area contributed by atoms with Gasteiger partial charge in [0.15, 0.2) is 0 Å². The first-order valence-electron chi connectivity index (χ1n) is 6.42. The number of carbonyl (C=O) groups is 3. The molecule has 21 heavy (non-hydrogen) atoms. The average Bonchev–Trinajstić information content (AvgIpc) is 2.68. The number of hydrogen-bond acceptors (Lipinski definition) is 3. The molecule has 0 unspecified atom stereocenters. The molecule has 112 valence electrons. The van der Waals surface area contributed by atoms with Crippen molar-refractivity contribution in [2.24, 2.45) is 0 Å². The lowest BCUT2D eigenvalue weighted by atomic mass is 10.2. The van der Waals surface area contributed by atoms with E-state index >= 15 is 0 Å². The van der Waals surface area contributed by atoms with Crippen molar-refractivity contribution in [1.29, 1.82) is 0 Å². The van der Waals surface area contributed by atoms with E-state index in [1.807, 2.05) is 12.1 Å². The van der Waals surface area contributed by atoms with Crippen LogP contribution in [0.15, 0.2) is 24.3 Å². The second-order valence-electron chi connectivity index (χ2n) is 4.99. The molecule has 1 heterocycles. The van der Waals surface area contributed by atoms with Gasteiger partial charge in [-0.15, -0.1) is 0 Å². The van der Waals surface area contributed by atoms with Gasteiger partial charge in [-0.25, -0.2) is 4.79 Å². The first-order chi connectivity index (χ1) is 9.88. The van der Waals surface area contributed by atoms with E-state index in [0.29, 0.717) is 11.6 Å². The van der Waals surface area contributed by atoms with Gasteiger partial charge in [0.05, 0.1) is 0 Å². The van der Waals surface area contributed by atoms with E-state index in [4.69, 9.17) is 11.6 Å². The summed E-state index contributed by atoms with van der Waals surface area (Å²) in [7, 11) is 3.16. The molecule has 0 radical (unpaired) electrons. The van der Waals surface area contributed by atoms with Crippen LogP contribution in [0.5, 0.6) is 0 Å². The maximum absolute atomic E-state index is 12.1. The van der Waals surface area contributed by atoms with Crippen molar-refractivity contribution >= 4 is 29.4 Å². The number of halogens is 1. The molecule has 1 aliphatic heterocycles. The van der Waals surface area contributed by atoms with E-state index in [2.05, 4.69) is 0 Å². The fourth-order valence-corrected chi connectivity index (χ4v) is 2.16. The van der Waals surface area contributed by atoms with Crippen LogP contribution in [0, 0.1) is 0 Å². The Morgan fingerprint density at radius 3 is 2.43 bits per heavy atom. The highest BCUT2D eigenvalue weighted by Crippen LogP contribution is 2.12. The van der Waals surface area contributed by atoms with Crippen LogP contribution in [-0.4, -0.2) is 59.7 Å². The Kier molecular flexibility index (Phi) is 4.47. The van der Waals surface area contributed by atoms with E-state index in [9.17, 15) is 14.4 Å². The third kappa shape index (κ3) is 3.52. The SMILES string of the molecule is CN(Cc1ccc(Cl)cc1)C(=O)CN1C(=O)CN(C)C1=O. The Morgan fingerprint density at radius 2 is 1.90 bits per heavy atom. The van der Waals surface area contributed by atoms with Gasteiger partial charge in [0.1, 0.15) is 13.1 Å². The first kappa shape index (κ1) is 15.3. The Balaban J connectivity index is 1.95. The van der Waals surface area contributed by atoms with Crippen molar-refractivity contribution in [3.63, 3.8) is 0 Å². The lowest BCUT2D eigenvalue weighted by molar-refractivity contribution is -0.136. The molecule has 0 saturated carbocycles. The maximum atomic E-state index is 12.1. The summed E-state index contributed by atoms with van der Waals surface area (Å²) in [6.07, 6.45) is 0. The zero-order valence-electron chi connectivity index (χ0n) is 11.9. The van der Waals surface area contributed by atoms with Crippen molar-refractivity contribution in [3.05, 3.63) is 34.9 Å². The van der Waals surface area contributed by atoms with Gasteiger partial charge < -0.3 is 9.80 Å². The molecule has 6 nitrogen and oxygen atoms in total. The fourth-order valence-electron chi connectivity index (χ4n) is 2.03. The summed E-state index contributed by atoms with van der Waals surface area (Å²) in [6.45, 7) is 0.182. The molecule has 1 aliphatic rings. The molecule has 0 aliphatic carbocycles. The molecule has 4 amide bonds. The van der Waals surface area contributed by atoms with Gasteiger partial charge in [-0.05, 0) is 17.7 Å². The normalized spacial score (nSPS) is 14.8. The number of hydrogen-bond donors (Lipinski definition) is 0. The molecule has 0 spiro atoms. The second-order valence-corrected chi connectivity index (χ2v) is 5.43. The molecule has 0 aromatic heterocycles. The summed E-state index contributed by atoms with van der Waals surface area (Å²) < 4.78 is 0. The topological polar surface area (TPSA) is 60.9 Å². The third-order valence-electron chi connectivity index (χ3n) is 3.28. The van der Waals surface area contributed by atoms with Crippen molar-refractivity contribution < 1.29 is 14.4 Å². The average molecular weight is 310 g/mol. The highest BCUT2D eigenvalue weighted by atomic mass is 35.5. The Bertz CT molecular complexity index is 573. The van der Waals surface area contributed by atoms with E-state index in [1.165, 1.54) is 16.8 Å². The molecule has 0 bridgehead atoms. The molecule has 1 aromatic rings. The minimum Gasteiger partial charge on any atom is -0.340 e. The number of imide groups is 1. The Morgan fingerprint density at radius 1 is 1.29 bits per heavy atom. The highest BCUT2D eigenvalue weighted by Gasteiger charge is 2.35. The molecular weight excluding hydrogens is 294 g/mol. The zero-order chi connectivity index (χ0) is 15.6. The van der Waals surface area contributed by atoms with Crippen LogP contribution in [0.2, 0.25) is 5.02 Å². The van der Waals surface area contributed by atoms with E-state index in [-0.39, 0.29) is 24.9 Å². The number of carbonyl (C=O) groups excluding carboxylic acids is 3. The maximum Gasteiger partial charge on any atom is 0.327 e. The van der Waals surface area contributed by atoms with Crippen LogP contribution in [0.3, 0.4) is 0 Å². The monoisotopic (exact) mass is 309 g/mol. The largest absolute Gasteiger partial charge is 0.340 e. The van der Waals surface area contributed by atoms with Gasteiger partial charge in [-0.3, -0.25) is 14.5 Å². The van der Waals surface area contributed by atoms with Crippen molar-refractivity contribution in [1.82, 2.24) is 14.7 Å². The van der Waals surface area contributed by atoms with Crippen LogP contribution < -0.4 is 0 Å². The minimum atomic E-state index is -0.437. The van der Waals surface area contributed by atoms with Gasteiger partial charge in [0.2, 0.25) is 5.91 Å². The fraction of sp³-hybridized carbons (Fsp3) is 0.357. The molecule has 0 atom stereocenters. The van der Waals surface area contributed by atoms with E-state index in [0.717, 1.165) is 10.5 Å². The van der Waals surface area contributed by atoms with Gasteiger partial charge in [-0.1, -0.05) is 23.7 Å². The van der Waals surface area contributed by atoms with Crippen LogP contribution in [0.1, 0.15) is 5.56 Å². The molecule has 1 fully saturated rings. The number of amides is 4. The van der Waals surface area contributed by atoms with E-state index < -0.39 is 6.03 Å². The zero-order valence-corrected chi connectivity index (χ0v) is 12.6. The number of benzene rings is 1. The summed E-state index contributed by atoms with van der Waals surface area (Å²) in [6, 6.07) is 6.71. The van der Waals surface area contributed by atoms with Crippen molar-refractivity contribution in [2.75, 3.05) is 27.2 Å². The lowest BCUT2D eigenvalue weighted by Crippen LogP contribution is -2.41. The first-order valence-corrected chi connectivity index (χ1v) is 6.80. The summed E-state index contributed by atoms with van der Waals surface area (Å²) in [5.41, 5.74) is 0.923. The number of likely N-dealkylation sites (N-methyl/N-ethyl adjacent to an activating group) is 2. The highest BCUT2D eigenvalue weighted by molar-refractivity contribution is 6.30. The summed E-state index contributed by atoms with van der Waals surface area (Å²) >= 11 is 5.80. The van der Waals surface area contributed by atoms with Crippen LogP contribution in [-0.2, 0) is 16.1 Å². The standard InChI is InChI=1S/C14H16ClN3O3/c1-16(7-10-3-5-11(15)6-4-10)12(19)9-18-13(20)8-17(2)14(18)21/h3-6H,7-9H2,1-2H3. The van der Waals surface area contributed by atoms with Gasteiger partial charge >= 0.3 is 6.03 Å². The smallest absolute Gasteiger partial charge is 0.327 e. The summed E-state index contributed by atoms with van der Waals surface area (Å²) in [5.74, 6) is -0.641. The predicted molar refractivity (Wildman–Crippen MR) is 77.7 cm³/mol.